The Morgan fingerprint density at radius 3 is 2.77 bits per heavy atom. The Hall–Kier alpha value is -2.73. The molecule has 0 radical (unpaired) electrons. The van der Waals surface area contributed by atoms with E-state index in [1.54, 1.807) is 0 Å². The van der Waals surface area contributed by atoms with E-state index in [0.717, 1.165) is 53.3 Å². The third-order valence-corrected chi connectivity index (χ3v) is 8.45. The highest BCUT2D eigenvalue weighted by atomic mass is 28.3. The zero-order chi connectivity index (χ0) is 25.0. The second-order valence-corrected chi connectivity index (χ2v) is 16.4. The average molecular weight is 491 g/mol. The Bertz CT molecular complexity index is 1210. The molecule has 35 heavy (non-hydrogen) atoms. The molecule has 7 nitrogen and oxygen atoms in total. The summed E-state index contributed by atoms with van der Waals surface area (Å²) in [6.45, 7) is 20.9. The summed E-state index contributed by atoms with van der Waals surface area (Å²) in [4.78, 5) is 13.2. The van der Waals surface area contributed by atoms with Crippen LogP contribution in [0.2, 0.25) is 25.7 Å². The van der Waals surface area contributed by atoms with Crippen molar-refractivity contribution in [2.75, 3.05) is 18.5 Å². The van der Waals surface area contributed by atoms with Gasteiger partial charge in [0.05, 0.1) is 12.3 Å². The maximum Gasteiger partial charge on any atom is 0.223 e. The lowest BCUT2D eigenvalue weighted by Gasteiger charge is -2.22. The quantitative estimate of drug-likeness (QED) is 0.201. The monoisotopic (exact) mass is 490 g/mol. The number of ether oxygens (including phenoxy) is 1. The van der Waals surface area contributed by atoms with Crippen molar-refractivity contribution in [3.63, 3.8) is 0 Å². The molecular weight excluding hydrogens is 452 g/mol. The van der Waals surface area contributed by atoms with E-state index in [2.05, 4.69) is 64.7 Å². The molecule has 1 aliphatic rings. The number of aromatic nitrogens is 3. The van der Waals surface area contributed by atoms with Crippen molar-refractivity contribution in [1.82, 2.24) is 19.9 Å². The maximum atomic E-state index is 7.47. The van der Waals surface area contributed by atoms with Crippen LogP contribution < -0.4 is 10.6 Å². The van der Waals surface area contributed by atoms with Crippen LogP contribution in [0.4, 0.5) is 11.6 Å². The molecule has 0 aliphatic heterocycles. The number of hydrogen-bond acceptors (Lipinski definition) is 5. The highest BCUT2D eigenvalue weighted by Gasteiger charge is 2.27. The van der Waals surface area contributed by atoms with Crippen LogP contribution in [0.3, 0.4) is 0 Å². The molecule has 2 heterocycles. The minimum absolute atomic E-state index is 0.341. The topological polar surface area (TPSA) is 68.4 Å². The Morgan fingerprint density at radius 1 is 1.23 bits per heavy atom. The third-order valence-electron chi connectivity index (χ3n) is 6.75. The summed E-state index contributed by atoms with van der Waals surface area (Å²) in [6.07, 6.45) is 7.53. The summed E-state index contributed by atoms with van der Waals surface area (Å²) < 4.78 is 8.18. The molecule has 0 bridgehead atoms. The number of nitrogens with zero attached hydrogens (tertiary/aromatic N) is 4. The molecule has 1 aromatic carbocycles. The highest BCUT2D eigenvalue weighted by Crippen LogP contribution is 2.34. The van der Waals surface area contributed by atoms with Gasteiger partial charge in [0.25, 0.3) is 0 Å². The Morgan fingerprint density at radius 2 is 2.03 bits per heavy atom. The summed E-state index contributed by atoms with van der Waals surface area (Å²) >= 11 is 0. The van der Waals surface area contributed by atoms with Crippen molar-refractivity contribution in [3.8, 4) is 11.3 Å². The van der Waals surface area contributed by atoms with Gasteiger partial charge >= 0.3 is 0 Å². The van der Waals surface area contributed by atoms with Crippen LogP contribution in [-0.4, -0.2) is 47.8 Å². The molecule has 1 aliphatic carbocycles. The van der Waals surface area contributed by atoms with Crippen LogP contribution in [0.25, 0.3) is 27.0 Å². The zero-order valence-corrected chi connectivity index (χ0v) is 22.7. The molecule has 2 atom stereocenters. The van der Waals surface area contributed by atoms with E-state index in [1.807, 2.05) is 24.4 Å². The van der Waals surface area contributed by atoms with Crippen molar-refractivity contribution in [1.29, 1.82) is 0 Å². The molecule has 186 valence electrons. The molecule has 2 N–H and O–H groups in total. The molecule has 1 fully saturated rings. The summed E-state index contributed by atoms with van der Waals surface area (Å²) in [5.41, 5.74) is 4.61. The first-order valence-corrected chi connectivity index (χ1v) is 16.4. The van der Waals surface area contributed by atoms with Crippen molar-refractivity contribution >= 4 is 30.6 Å². The van der Waals surface area contributed by atoms with Crippen molar-refractivity contribution in [3.05, 3.63) is 47.6 Å². The van der Waals surface area contributed by atoms with Gasteiger partial charge in [-0.15, -0.1) is 0 Å². The summed E-state index contributed by atoms with van der Waals surface area (Å²) in [6, 6.07) is 7.78. The Balaban J connectivity index is 1.64. The fourth-order valence-electron chi connectivity index (χ4n) is 4.78. The largest absolute Gasteiger partial charge is 0.361 e. The number of likely N-dealkylation sites (N-methyl/N-ethyl adjacent to an activating group) is 1. The first-order valence-electron chi connectivity index (χ1n) is 12.7. The zero-order valence-electron chi connectivity index (χ0n) is 21.7. The van der Waals surface area contributed by atoms with E-state index in [1.165, 1.54) is 12.8 Å². The Labute approximate surface area is 210 Å². The fourth-order valence-corrected chi connectivity index (χ4v) is 5.53. The van der Waals surface area contributed by atoms with Crippen LogP contribution in [-0.2, 0) is 11.5 Å². The lowest BCUT2D eigenvalue weighted by Crippen LogP contribution is -2.40. The van der Waals surface area contributed by atoms with E-state index in [-0.39, 0.29) is 0 Å². The molecule has 0 unspecified atom stereocenters. The molecule has 3 aromatic rings. The summed E-state index contributed by atoms with van der Waals surface area (Å²) in [5.74, 6) is 0.672. The smallest absolute Gasteiger partial charge is 0.223 e. The van der Waals surface area contributed by atoms with E-state index >= 15 is 0 Å². The lowest BCUT2D eigenvalue weighted by atomic mass is 10.1. The van der Waals surface area contributed by atoms with Gasteiger partial charge < -0.3 is 19.9 Å². The van der Waals surface area contributed by atoms with Gasteiger partial charge in [-0.1, -0.05) is 38.7 Å². The Kier molecular flexibility index (Phi) is 7.90. The van der Waals surface area contributed by atoms with Crippen LogP contribution in [0.1, 0.15) is 31.7 Å². The second-order valence-electron chi connectivity index (χ2n) is 10.7. The first kappa shape index (κ1) is 25.4. The number of anilines is 1. The predicted octanol–water partition coefficient (Wildman–Crippen LogP) is 6.21. The number of hydrogen-bond donors (Lipinski definition) is 2. The van der Waals surface area contributed by atoms with Gasteiger partial charge in [0.2, 0.25) is 5.95 Å². The average Bonchev–Trinajstić information content (AvgIpc) is 3.41. The molecule has 8 heteroatoms. The SMILES string of the molecule is [C-]#[N+]c1ccc2c(-c3nc(N[C@H]4CCC[C@@H]4NCC)ncc3C)cn(COCC[Si](C)(C)C)c2c1. The van der Waals surface area contributed by atoms with Crippen LogP contribution >= 0.6 is 0 Å². The summed E-state index contributed by atoms with van der Waals surface area (Å²) in [5, 5.41) is 8.25. The van der Waals surface area contributed by atoms with Crippen molar-refractivity contribution in [2.24, 2.45) is 0 Å². The lowest BCUT2D eigenvalue weighted by molar-refractivity contribution is 0.0903. The van der Waals surface area contributed by atoms with Crippen molar-refractivity contribution < 1.29 is 4.74 Å². The molecule has 2 aromatic heterocycles. The normalized spacial score (nSPS) is 18.2. The van der Waals surface area contributed by atoms with Crippen LogP contribution in [0.15, 0.2) is 30.6 Å². The van der Waals surface area contributed by atoms with Gasteiger partial charge in [0.15, 0.2) is 5.69 Å². The van der Waals surface area contributed by atoms with Crippen LogP contribution in [0, 0.1) is 13.5 Å². The predicted molar refractivity (Wildman–Crippen MR) is 147 cm³/mol. The fraction of sp³-hybridized carbons (Fsp3) is 0.519. The second kappa shape index (κ2) is 10.9. The van der Waals surface area contributed by atoms with Gasteiger partial charge in [0.1, 0.15) is 6.73 Å². The van der Waals surface area contributed by atoms with Gasteiger partial charge in [-0.05, 0) is 50.4 Å². The summed E-state index contributed by atoms with van der Waals surface area (Å²) in [7, 11) is -1.15. The minimum atomic E-state index is -1.15. The molecule has 1 saturated carbocycles. The van der Waals surface area contributed by atoms with Crippen molar-refractivity contribution in [2.45, 2.75) is 77.6 Å². The van der Waals surface area contributed by atoms with Crippen LogP contribution in [0.5, 0.6) is 0 Å². The molecule has 4 rings (SSSR count). The van der Waals surface area contributed by atoms with E-state index in [4.69, 9.17) is 16.3 Å². The first-order chi connectivity index (χ1) is 16.8. The van der Waals surface area contributed by atoms with E-state index in [0.29, 0.717) is 30.5 Å². The van der Waals surface area contributed by atoms with E-state index in [9.17, 15) is 0 Å². The number of nitrogens with one attached hydrogen (secondary N) is 2. The minimum Gasteiger partial charge on any atom is -0.361 e. The van der Waals surface area contributed by atoms with Gasteiger partial charge in [-0.25, -0.2) is 14.8 Å². The van der Waals surface area contributed by atoms with Gasteiger partial charge in [-0.2, -0.15) is 0 Å². The number of fused-ring (bicyclic) bond motifs is 1. The van der Waals surface area contributed by atoms with Gasteiger partial charge in [-0.3, -0.25) is 0 Å². The molecule has 0 saturated heterocycles. The number of rotatable bonds is 10. The molecular formula is C27H38N6OSi. The standard InChI is InChI=1S/C27H38N6OSi/c1-7-29-23-9-8-10-24(23)31-27-30-16-19(2)26(32-27)22-17-33(18-34-13-14-35(4,5)6)25-15-20(28-3)11-12-21(22)25/h11-12,15-17,23-24,29H,7-10,13-14,18H2,1-2,4-6H3,(H,30,31,32)/t23-,24-/m0/s1. The maximum absolute atomic E-state index is 7.47. The highest BCUT2D eigenvalue weighted by molar-refractivity contribution is 6.76. The number of aryl methyl sites for hydroxylation is 1. The van der Waals surface area contributed by atoms with E-state index < -0.39 is 8.07 Å². The molecule has 0 spiro atoms. The third kappa shape index (κ3) is 6.10. The van der Waals surface area contributed by atoms with Gasteiger partial charge in [0, 0.05) is 55.6 Å². The molecule has 0 amide bonds. The number of benzene rings is 1.